The number of aromatic nitrogens is 1. The Morgan fingerprint density at radius 1 is 1.61 bits per heavy atom. The molecular formula is C11H15N3O2S2. The van der Waals surface area contributed by atoms with E-state index >= 15 is 0 Å². The number of nitrogens with zero attached hydrogens (tertiary/aromatic N) is 2. The highest BCUT2D eigenvalue weighted by Crippen LogP contribution is 2.13. The molecule has 0 amide bonds. The number of nitrogens with one attached hydrogen (secondary N) is 1. The molecule has 1 unspecified atom stereocenters. The Morgan fingerprint density at radius 2 is 2.33 bits per heavy atom. The van der Waals surface area contributed by atoms with Crippen LogP contribution in [-0.2, 0) is 10.0 Å². The zero-order chi connectivity index (χ0) is 13.6. The first-order valence-electron chi connectivity index (χ1n) is 5.37. The summed E-state index contributed by atoms with van der Waals surface area (Å²) in [6.45, 7) is 1.80. The molecule has 98 valence electrons. The van der Waals surface area contributed by atoms with Crippen LogP contribution < -0.4 is 4.72 Å². The number of nitriles is 1. The smallest absolute Gasteiger partial charge is 0.243 e. The summed E-state index contributed by atoms with van der Waals surface area (Å²) >= 11 is 1.66. The van der Waals surface area contributed by atoms with Crippen LogP contribution in [0.5, 0.6) is 0 Å². The number of sulfonamides is 1. The van der Waals surface area contributed by atoms with Gasteiger partial charge in [0.15, 0.2) is 5.69 Å². The van der Waals surface area contributed by atoms with E-state index in [9.17, 15) is 8.42 Å². The third-order valence-electron chi connectivity index (χ3n) is 2.28. The van der Waals surface area contributed by atoms with Crippen molar-refractivity contribution in [3.8, 4) is 6.07 Å². The Bertz CT molecular complexity index is 537. The summed E-state index contributed by atoms with van der Waals surface area (Å²) in [6, 6.07) is 4.50. The maximum Gasteiger partial charge on any atom is 0.243 e. The highest BCUT2D eigenvalue weighted by molar-refractivity contribution is 7.98. The second kappa shape index (κ2) is 6.73. The van der Waals surface area contributed by atoms with Gasteiger partial charge in [0.1, 0.15) is 11.0 Å². The zero-order valence-corrected chi connectivity index (χ0v) is 11.9. The van der Waals surface area contributed by atoms with Gasteiger partial charge in [0.05, 0.1) is 0 Å². The largest absolute Gasteiger partial charge is 0.244 e. The SMILES string of the molecule is CSCCC(C)NS(=O)(=O)c1cccnc1C#N. The average molecular weight is 285 g/mol. The van der Waals surface area contributed by atoms with Crippen LogP contribution in [-0.4, -0.2) is 31.5 Å². The first-order valence-corrected chi connectivity index (χ1v) is 8.25. The molecule has 0 aliphatic heterocycles. The van der Waals surface area contributed by atoms with Crippen LogP contribution in [0.4, 0.5) is 0 Å². The highest BCUT2D eigenvalue weighted by Gasteiger charge is 2.21. The zero-order valence-electron chi connectivity index (χ0n) is 10.3. The number of thioether (sulfide) groups is 1. The normalized spacial score (nSPS) is 12.9. The molecule has 0 fully saturated rings. The van der Waals surface area contributed by atoms with E-state index in [0.717, 1.165) is 12.2 Å². The standard InChI is InChI=1S/C11H15N3O2S2/c1-9(5-7-17-2)14-18(15,16)11-4-3-6-13-10(11)8-12/h3-4,6,9,14H,5,7H2,1-2H3. The molecule has 1 aromatic heterocycles. The van der Waals surface area contributed by atoms with Gasteiger partial charge < -0.3 is 0 Å². The van der Waals surface area contributed by atoms with E-state index in [2.05, 4.69) is 9.71 Å². The molecule has 18 heavy (non-hydrogen) atoms. The van der Waals surface area contributed by atoms with E-state index in [0.29, 0.717) is 0 Å². The molecule has 0 aliphatic carbocycles. The molecule has 1 aromatic rings. The molecule has 1 rings (SSSR count). The van der Waals surface area contributed by atoms with Crippen molar-refractivity contribution in [2.45, 2.75) is 24.3 Å². The molecule has 7 heteroatoms. The third-order valence-corrected chi connectivity index (χ3v) is 4.54. The Morgan fingerprint density at radius 3 is 2.94 bits per heavy atom. The maximum atomic E-state index is 12.1. The summed E-state index contributed by atoms with van der Waals surface area (Å²) in [6.07, 6.45) is 4.10. The highest BCUT2D eigenvalue weighted by atomic mass is 32.2. The van der Waals surface area contributed by atoms with E-state index < -0.39 is 10.0 Å². The van der Waals surface area contributed by atoms with E-state index in [1.165, 1.54) is 18.3 Å². The van der Waals surface area contributed by atoms with Gasteiger partial charge in [0, 0.05) is 12.2 Å². The van der Waals surface area contributed by atoms with Crippen molar-refractivity contribution in [2.24, 2.45) is 0 Å². The molecular weight excluding hydrogens is 270 g/mol. The van der Waals surface area contributed by atoms with Crippen molar-refractivity contribution >= 4 is 21.8 Å². The number of hydrogen-bond acceptors (Lipinski definition) is 5. The fourth-order valence-corrected chi connectivity index (χ4v) is 3.35. The topological polar surface area (TPSA) is 82.8 Å². The second-order valence-corrected chi connectivity index (χ2v) is 6.43. The number of pyridine rings is 1. The van der Waals surface area contributed by atoms with E-state index in [4.69, 9.17) is 5.26 Å². The summed E-state index contributed by atoms with van der Waals surface area (Å²) in [5.74, 6) is 0.877. The second-order valence-electron chi connectivity index (χ2n) is 3.77. The molecule has 0 aliphatic rings. The van der Waals surface area contributed by atoms with Crippen LogP contribution in [0.15, 0.2) is 23.2 Å². The van der Waals surface area contributed by atoms with Gasteiger partial charge in [-0.25, -0.2) is 18.1 Å². The van der Waals surface area contributed by atoms with Gasteiger partial charge in [0.2, 0.25) is 10.0 Å². The Labute approximate surface area is 112 Å². The molecule has 0 saturated carbocycles. The minimum atomic E-state index is -3.68. The van der Waals surface area contributed by atoms with Crippen LogP contribution in [0.25, 0.3) is 0 Å². The lowest BCUT2D eigenvalue weighted by molar-refractivity contribution is 0.556. The average Bonchev–Trinajstić information content (AvgIpc) is 2.35. The maximum absolute atomic E-state index is 12.1. The molecule has 5 nitrogen and oxygen atoms in total. The summed E-state index contributed by atoms with van der Waals surface area (Å²) < 4.78 is 26.7. The van der Waals surface area contributed by atoms with Crippen LogP contribution in [0.1, 0.15) is 19.0 Å². The molecule has 1 atom stereocenters. The lowest BCUT2D eigenvalue weighted by atomic mass is 10.3. The van der Waals surface area contributed by atoms with Crippen molar-refractivity contribution in [1.29, 1.82) is 5.26 Å². The third kappa shape index (κ3) is 3.98. The quantitative estimate of drug-likeness (QED) is 0.853. The van der Waals surface area contributed by atoms with Crippen LogP contribution in [0.2, 0.25) is 0 Å². The molecule has 0 saturated heterocycles. The fourth-order valence-electron chi connectivity index (χ4n) is 1.37. The molecule has 1 N–H and O–H groups in total. The molecule has 0 spiro atoms. The van der Waals surface area contributed by atoms with Gasteiger partial charge in [-0.3, -0.25) is 0 Å². The Balaban J connectivity index is 2.90. The summed E-state index contributed by atoms with van der Waals surface area (Å²) in [5, 5.41) is 8.85. The summed E-state index contributed by atoms with van der Waals surface area (Å²) in [7, 11) is -3.68. The lowest BCUT2D eigenvalue weighted by Gasteiger charge is -2.13. The van der Waals surface area contributed by atoms with E-state index in [1.54, 1.807) is 24.8 Å². The monoisotopic (exact) mass is 285 g/mol. The fraction of sp³-hybridized carbons (Fsp3) is 0.455. The van der Waals surface area contributed by atoms with Gasteiger partial charge in [-0.05, 0) is 37.5 Å². The first kappa shape index (κ1) is 15.0. The lowest BCUT2D eigenvalue weighted by Crippen LogP contribution is -2.33. The molecule has 0 bridgehead atoms. The van der Waals surface area contributed by atoms with Crippen molar-refractivity contribution < 1.29 is 8.42 Å². The molecule has 0 radical (unpaired) electrons. The van der Waals surface area contributed by atoms with Crippen molar-refractivity contribution in [3.05, 3.63) is 24.0 Å². The minimum Gasteiger partial charge on any atom is -0.244 e. The molecule has 1 heterocycles. The van der Waals surface area contributed by atoms with Gasteiger partial charge in [-0.15, -0.1) is 0 Å². The summed E-state index contributed by atoms with van der Waals surface area (Å²) in [4.78, 5) is 3.68. The Kier molecular flexibility index (Phi) is 5.59. The predicted octanol–water partition coefficient (Wildman–Crippen LogP) is 1.37. The van der Waals surface area contributed by atoms with Crippen molar-refractivity contribution in [1.82, 2.24) is 9.71 Å². The van der Waals surface area contributed by atoms with Crippen LogP contribution >= 0.6 is 11.8 Å². The predicted molar refractivity (Wildman–Crippen MR) is 71.7 cm³/mol. The van der Waals surface area contributed by atoms with Crippen molar-refractivity contribution in [2.75, 3.05) is 12.0 Å². The minimum absolute atomic E-state index is 0.0662. The number of rotatable bonds is 6. The van der Waals surface area contributed by atoms with Crippen molar-refractivity contribution in [3.63, 3.8) is 0 Å². The van der Waals surface area contributed by atoms with Gasteiger partial charge >= 0.3 is 0 Å². The van der Waals surface area contributed by atoms with Crippen LogP contribution in [0.3, 0.4) is 0 Å². The van der Waals surface area contributed by atoms with E-state index in [-0.39, 0.29) is 16.6 Å². The summed E-state index contributed by atoms with van der Waals surface area (Å²) in [5.41, 5.74) is -0.0814. The Hall–Kier alpha value is -1.10. The van der Waals surface area contributed by atoms with Crippen LogP contribution in [0, 0.1) is 11.3 Å². The first-order chi connectivity index (χ1) is 8.51. The van der Waals surface area contributed by atoms with Gasteiger partial charge in [-0.2, -0.15) is 17.0 Å². The number of hydrogen-bond donors (Lipinski definition) is 1. The van der Waals surface area contributed by atoms with Gasteiger partial charge in [0.25, 0.3) is 0 Å². The van der Waals surface area contributed by atoms with Gasteiger partial charge in [-0.1, -0.05) is 0 Å². The van der Waals surface area contributed by atoms with E-state index in [1.807, 2.05) is 6.26 Å². The molecule has 0 aromatic carbocycles.